The number of nitrogens with one attached hydrogen (secondary N) is 2. The van der Waals surface area contributed by atoms with E-state index in [0.717, 1.165) is 19.3 Å². The lowest BCUT2D eigenvalue weighted by molar-refractivity contribution is -0.143. The molecule has 0 spiro atoms. The number of allylic oxidation sites excluding steroid dienone is 3. The van der Waals surface area contributed by atoms with Crippen molar-refractivity contribution in [1.29, 1.82) is 0 Å². The van der Waals surface area contributed by atoms with E-state index in [0.29, 0.717) is 11.3 Å². The molecule has 5 nitrogen and oxygen atoms in total. The molecule has 2 amide bonds. The van der Waals surface area contributed by atoms with Gasteiger partial charge in [0.25, 0.3) is 0 Å². The average Bonchev–Trinajstić information content (AvgIpc) is 2.37. The molecule has 0 unspecified atom stereocenters. The predicted octanol–water partition coefficient (Wildman–Crippen LogP) is 2.25. The number of carbonyl (C=O) groups is 2. The third-order valence-electron chi connectivity index (χ3n) is 3.65. The first-order valence-electron chi connectivity index (χ1n) is 7.13. The minimum absolute atomic E-state index is 0.174. The molecule has 0 saturated carbocycles. The van der Waals surface area contributed by atoms with Gasteiger partial charge in [-0.25, -0.2) is 9.59 Å². The van der Waals surface area contributed by atoms with E-state index in [2.05, 4.69) is 22.8 Å². The molecule has 0 aromatic rings. The van der Waals surface area contributed by atoms with Crippen molar-refractivity contribution in [3.05, 3.63) is 23.4 Å². The highest BCUT2D eigenvalue weighted by Gasteiger charge is 2.36. The van der Waals surface area contributed by atoms with Crippen LogP contribution in [-0.2, 0) is 9.53 Å². The fourth-order valence-corrected chi connectivity index (χ4v) is 2.75. The zero-order chi connectivity index (χ0) is 14.7. The Balaban J connectivity index is 2.26. The molecule has 2 aliphatic rings. The number of hydrogen-bond donors (Lipinski definition) is 2. The second-order valence-corrected chi connectivity index (χ2v) is 5.61. The van der Waals surface area contributed by atoms with Crippen molar-refractivity contribution < 1.29 is 14.3 Å². The lowest BCUT2D eigenvalue weighted by Gasteiger charge is -2.34. The van der Waals surface area contributed by atoms with Gasteiger partial charge in [-0.15, -0.1) is 0 Å². The number of ether oxygens (including phenoxy) is 1. The van der Waals surface area contributed by atoms with Gasteiger partial charge in [-0.2, -0.15) is 0 Å². The SMILES string of the molecule is CC1=C(C(=O)OC(C)C)[C@H]([C@@H]2CC=CCC2)NC(=O)N1. The molecule has 0 radical (unpaired) electrons. The molecule has 0 fully saturated rings. The van der Waals surface area contributed by atoms with Gasteiger partial charge in [0.1, 0.15) is 0 Å². The molecule has 0 saturated heterocycles. The molecular formula is C15H22N2O3. The minimum Gasteiger partial charge on any atom is -0.460 e. The normalized spacial score (nSPS) is 26.3. The van der Waals surface area contributed by atoms with E-state index in [1.54, 1.807) is 6.92 Å². The molecule has 0 aromatic heterocycles. The fraction of sp³-hybridized carbons (Fsp3) is 0.600. The van der Waals surface area contributed by atoms with E-state index in [1.807, 2.05) is 13.8 Å². The maximum absolute atomic E-state index is 12.3. The van der Waals surface area contributed by atoms with Crippen LogP contribution in [0, 0.1) is 5.92 Å². The second-order valence-electron chi connectivity index (χ2n) is 5.61. The Labute approximate surface area is 119 Å². The molecule has 110 valence electrons. The van der Waals surface area contributed by atoms with E-state index >= 15 is 0 Å². The Morgan fingerprint density at radius 3 is 2.75 bits per heavy atom. The second kappa shape index (κ2) is 6.11. The number of urea groups is 1. The summed E-state index contributed by atoms with van der Waals surface area (Å²) in [6, 6.07) is -0.511. The Morgan fingerprint density at radius 1 is 1.40 bits per heavy atom. The molecule has 1 aliphatic carbocycles. The molecule has 20 heavy (non-hydrogen) atoms. The molecule has 2 N–H and O–H groups in total. The van der Waals surface area contributed by atoms with Crippen LogP contribution < -0.4 is 10.6 Å². The van der Waals surface area contributed by atoms with E-state index in [1.165, 1.54) is 0 Å². The van der Waals surface area contributed by atoms with E-state index in [9.17, 15) is 9.59 Å². The first kappa shape index (κ1) is 14.6. The maximum atomic E-state index is 12.3. The summed E-state index contributed by atoms with van der Waals surface area (Å²) >= 11 is 0. The van der Waals surface area contributed by atoms with Gasteiger partial charge in [-0.1, -0.05) is 12.2 Å². The van der Waals surface area contributed by atoms with Crippen LogP contribution >= 0.6 is 0 Å². The van der Waals surface area contributed by atoms with E-state index in [-0.39, 0.29) is 30.1 Å². The number of amides is 2. The largest absolute Gasteiger partial charge is 0.460 e. The van der Waals surface area contributed by atoms with Crippen molar-refractivity contribution in [3.63, 3.8) is 0 Å². The van der Waals surface area contributed by atoms with Gasteiger partial charge >= 0.3 is 12.0 Å². The number of esters is 1. The third-order valence-corrected chi connectivity index (χ3v) is 3.65. The summed E-state index contributed by atoms with van der Waals surface area (Å²) in [4.78, 5) is 24.0. The zero-order valence-electron chi connectivity index (χ0n) is 12.2. The number of rotatable bonds is 3. The van der Waals surface area contributed by atoms with Gasteiger partial charge in [-0.05, 0) is 46.0 Å². The van der Waals surface area contributed by atoms with Crippen LogP contribution in [0.2, 0.25) is 0 Å². The van der Waals surface area contributed by atoms with Crippen LogP contribution in [0.5, 0.6) is 0 Å². The first-order chi connectivity index (χ1) is 9.49. The highest BCUT2D eigenvalue weighted by atomic mass is 16.5. The summed E-state index contributed by atoms with van der Waals surface area (Å²) in [7, 11) is 0. The van der Waals surface area contributed by atoms with Crippen molar-refractivity contribution in [1.82, 2.24) is 10.6 Å². The molecule has 1 heterocycles. The molecule has 2 rings (SSSR count). The zero-order valence-corrected chi connectivity index (χ0v) is 12.2. The van der Waals surface area contributed by atoms with Crippen molar-refractivity contribution in [2.75, 3.05) is 0 Å². The summed E-state index contributed by atoms with van der Waals surface area (Å²) in [5, 5.41) is 5.54. The van der Waals surface area contributed by atoms with Gasteiger partial charge < -0.3 is 15.4 Å². The highest BCUT2D eigenvalue weighted by Crippen LogP contribution is 2.29. The first-order valence-corrected chi connectivity index (χ1v) is 7.13. The molecule has 0 bridgehead atoms. The Kier molecular flexibility index (Phi) is 4.47. The van der Waals surface area contributed by atoms with Gasteiger partial charge in [-0.3, -0.25) is 0 Å². The number of carbonyl (C=O) groups excluding carboxylic acids is 2. The number of hydrogen-bond acceptors (Lipinski definition) is 3. The molecular weight excluding hydrogens is 256 g/mol. The van der Waals surface area contributed by atoms with E-state index in [4.69, 9.17) is 4.74 Å². The predicted molar refractivity (Wildman–Crippen MR) is 75.9 cm³/mol. The summed E-state index contributed by atoms with van der Waals surface area (Å²) in [6.45, 7) is 5.39. The topological polar surface area (TPSA) is 67.4 Å². The molecule has 1 aliphatic heterocycles. The molecule has 5 heteroatoms. The summed E-state index contributed by atoms with van der Waals surface area (Å²) in [5.74, 6) is -0.0970. The van der Waals surface area contributed by atoms with Gasteiger partial charge in [0.15, 0.2) is 0 Å². The van der Waals surface area contributed by atoms with Crippen molar-refractivity contribution in [2.45, 2.75) is 52.2 Å². The van der Waals surface area contributed by atoms with Crippen molar-refractivity contribution in [3.8, 4) is 0 Å². The van der Waals surface area contributed by atoms with Crippen molar-refractivity contribution >= 4 is 12.0 Å². The van der Waals surface area contributed by atoms with Gasteiger partial charge in [0.05, 0.1) is 17.7 Å². The molecule has 0 aromatic carbocycles. The quantitative estimate of drug-likeness (QED) is 0.614. The third kappa shape index (κ3) is 3.21. The summed E-state index contributed by atoms with van der Waals surface area (Å²) in [5.41, 5.74) is 1.15. The van der Waals surface area contributed by atoms with Gasteiger partial charge in [0, 0.05) is 5.70 Å². The fourth-order valence-electron chi connectivity index (χ4n) is 2.75. The Bertz CT molecular complexity index is 466. The van der Waals surface area contributed by atoms with E-state index < -0.39 is 0 Å². The van der Waals surface area contributed by atoms with Gasteiger partial charge in [0.2, 0.25) is 0 Å². The summed E-state index contributed by atoms with van der Waals surface area (Å²) in [6.07, 6.45) is 6.90. The van der Waals surface area contributed by atoms with Crippen LogP contribution in [0.1, 0.15) is 40.0 Å². The van der Waals surface area contributed by atoms with Crippen LogP contribution in [0.3, 0.4) is 0 Å². The smallest absolute Gasteiger partial charge is 0.338 e. The Morgan fingerprint density at radius 2 is 2.15 bits per heavy atom. The van der Waals surface area contributed by atoms with Crippen LogP contribution in [-0.4, -0.2) is 24.1 Å². The van der Waals surface area contributed by atoms with Crippen LogP contribution in [0.25, 0.3) is 0 Å². The monoisotopic (exact) mass is 278 g/mol. The van der Waals surface area contributed by atoms with Crippen LogP contribution in [0.4, 0.5) is 4.79 Å². The van der Waals surface area contributed by atoms with Crippen LogP contribution in [0.15, 0.2) is 23.4 Å². The maximum Gasteiger partial charge on any atom is 0.338 e. The summed E-state index contributed by atoms with van der Waals surface area (Å²) < 4.78 is 5.31. The minimum atomic E-state index is -0.343. The molecule has 2 atom stereocenters. The average molecular weight is 278 g/mol. The highest BCUT2D eigenvalue weighted by molar-refractivity contribution is 5.94. The lowest BCUT2D eigenvalue weighted by atomic mass is 9.82. The lowest BCUT2D eigenvalue weighted by Crippen LogP contribution is -2.53. The van der Waals surface area contributed by atoms with Crippen molar-refractivity contribution in [2.24, 2.45) is 5.92 Å². The standard InChI is InChI=1S/C15H22N2O3/c1-9(2)20-14(18)12-10(3)16-15(19)17-13(12)11-7-5-4-6-8-11/h4-5,9,11,13H,6-8H2,1-3H3,(H2,16,17,19)/t11-,13+/m1/s1. The Hall–Kier alpha value is -1.78.